The van der Waals surface area contributed by atoms with Gasteiger partial charge in [0.25, 0.3) is 11.8 Å². The van der Waals surface area contributed by atoms with E-state index < -0.39 is 84.4 Å². The molecule has 18 nitrogen and oxygen atoms in total. The molecule has 1 fully saturated rings. The fourth-order valence-electron chi connectivity index (χ4n) is 6.01. The van der Waals surface area contributed by atoms with Crippen molar-refractivity contribution in [2.45, 2.75) is 103 Å². The van der Waals surface area contributed by atoms with Crippen molar-refractivity contribution in [3.63, 3.8) is 0 Å². The number of aromatic nitrogens is 6. The zero-order valence-electron chi connectivity index (χ0n) is 31.5. The number of carbonyl (C=O) groups is 6. The number of H-pyrrole nitrogens is 1. The number of nitrogens with zero attached hydrogens (tertiary/aromatic N) is 6. The molecule has 2 aromatic heterocycles. The zero-order valence-corrected chi connectivity index (χ0v) is 31.5. The molecule has 6 atom stereocenters. The molecule has 1 aliphatic heterocycles. The Balaban J connectivity index is 1.57. The number of rotatable bonds is 20. The minimum atomic E-state index is -3.09. The predicted molar refractivity (Wildman–Crippen MR) is 193 cm³/mol. The van der Waals surface area contributed by atoms with E-state index in [-0.39, 0.29) is 50.0 Å². The highest BCUT2D eigenvalue weighted by Crippen LogP contribution is 2.25. The van der Waals surface area contributed by atoms with Crippen molar-refractivity contribution in [2.24, 2.45) is 11.8 Å². The van der Waals surface area contributed by atoms with E-state index in [1.165, 1.54) is 23.5 Å². The molecule has 56 heavy (non-hydrogen) atoms. The summed E-state index contributed by atoms with van der Waals surface area (Å²) in [5.41, 5.74) is 0.807. The molecule has 0 spiro atoms. The molecular weight excluding hydrogens is 736 g/mol. The van der Waals surface area contributed by atoms with Crippen molar-refractivity contribution >= 4 is 35.3 Å². The van der Waals surface area contributed by atoms with E-state index in [1.54, 1.807) is 6.92 Å². The normalized spacial score (nSPS) is 17.5. The molecule has 3 heterocycles. The quantitative estimate of drug-likeness (QED) is 0.100. The van der Waals surface area contributed by atoms with Crippen molar-refractivity contribution in [2.75, 3.05) is 6.54 Å². The van der Waals surface area contributed by atoms with Gasteiger partial charge in [0.15, 0.2) is 5.82 Å². The second-order valence-corrected chi connectivity index (χ2v) is 13.8. The van der Waals surface area contributed by atoms with Crippen molar-refractivity contribution in [1.29, 1.82) is 0 Å². The summed E-state index contributed by atoms with van der Waals surface area (Å²) in [6.45, 7) is 6.93. The van der Waals surface area contributed by atoms with Gasteiger partial charge < -0.3 is 30.9 Å². The number of aromatic amines is 1. The molecule has 0 radical (unpaired) electrons. The summed E-state index contributed by atoms with van der Waals surface area (Å²) in [5, 5.41) is 22.7. The Labute approximate surface area is 321 Å². The first kappa shape index (κ1) is 42.9. The number of likely N-dealkylation sites (tertiary alicyclic amines) is 1. The number of carbonyl (C=O) groups excluding carboxylic acids is 6. The highest BCUT2D eigenvalue weighted by Gasteiger charge is 2.45. The number of benzene rings is 1. The number of Topliss-reactive ketones (excluding diaryl/α,β-unsaturated/α-hetero) is 1. The Hall–Kier alpha value is -5.79. The molecule has 20 heteroatoms. The van der Waals surface area contributed by atoms with Gasteiger partial charge in [-0.05, 0) is 23.8 Å². The van der Waals surface area contributed by atoms with E-state index in [0.29, 0.717) is 6.42 Å². The molecule has 1 aliphatic rings. The van der Waals surface area contributed by atoms with Crippen molar-refractivity contribution < 1.29 is 42.3 Å². The average Bonchev–Trinajstić information content (AvgIpc) is 3.88. The summed E-state index contributed by atoms with van der Waals surface area (Å²) in [6, 6.07) is 3.57. The van der Waals surface area contributed by atoms with Crippen molar-refractivity contribution in [1.82, 2.24) is 56.8 Å². The number of tetrazole rings is 1. The van der Waals surface area contributed by atoms with Gasteiger partial charge in [-0.1, -0.05) is 69.7 Å². The third-order valence-corrected chi connectivity index (χ3v) is 9.15. The highest BCUT2D eigenvalue weighted by atomic mass is 19.3. The van der Waals surface area contributed by atoms with Gasteiger partial charge in [0.1, 0.15) is 29.9 Å². The lowest BCUT2D eigenvalue weighted by molar-refractivity contribution is -0.144. The lowest BCUT2D eigenvalue weighted by atomic mass is 9.96. The molecule has 0 bridgehead atoms. The molecule has 1 aromatic carbocycles. The maximum absolute atomic E-state index is 14.5. The van der Waals surface area contributed by atoms with E-state index >= 15 is 0 Å². The summed E-state index contributed by atoms with van der Waals surface area (Å²) < 4.78 is 33.5. The van der Waals surface area contributed by atoms with Crippen LogP contribution in [0.5, 0.6) is 0 Å². The monoisotopic (exact) mass is 783 g/mol. The number of amides is 5. The Bertz CT molecular complexity index is 1770. The molecule has 302 valence electrons. The number of ether oxygens (including phenoxy) is 1. The predicted octanol–water partition coefficient (Wildman–Crippen LogP) is 0.877. The van der Waals surface area contributed by atoms with E-state index in [4.69, 9.17) is 4.74 Å². The van der Waals surface area contributed by atoms with Crippen LogP contribution < -0.4 is 21.3 Å². The minimum absolute atomic E-state index is 0.0100. The minimum Gasteiger partial charge on any atom is -0.372 e. The molecular formula is C36H47F2N11O7. The topological polar surface area (TPSA) is 243 Å². The van der Waals surface area contributed by atoms with Crippen LogP contribution in [0.3, 0.4) is 0 Å². The van der Waals surface area contributed by atoms with Gasteiger partial charge in [-0.2, -0.15) is 5.21 Å². The van der Waals surface area contributed by atoms with Crippen LogP contribution in [0.2, 0.25) is 0 Å². The van der Waals surface area contributed by atoms with Gasteiger partial charge in [0, 0.05) is 31.8 Å². The number of alkyl halides is 2. The van der Waals surface area contributed by atoms with Crippen LogP contribution >= 0.6 is 0 Å². The zero-order chi connectivity index (χ0) is 40.8. The Morgan fingerprint density at radius 2 is 1.73 bits per heavy atom. The lowest BCUT2D eigenvalue weighted by Crippen LogP contribution is -2.59. The van der Waals surface area contributed by atoms with Crippen molar-refractivity contribution in [3.05, 3.63) is 66.0 Å². The largest absolute Gasteiger partial charge is 0.372 e. The van der Waals surface area contributed by atoms with E-state index in [2.05, 4.69) is 51.9 Å². The molecule has 3 aromatic rings. The molecule has 5 amide bonds. The van der Waals surface area contributed by atoms with Gasteiger partial charge >= 0.3 is 0 Å². The van der Waals surface area contributed by atoms with E-state index in [1.807, 2.05) is 51.1 Å². The van der Waals surface area contributed by atoms with Crippen LogP contribution in [0.1, 0.15) is 75.3 Å². The van der Waals surface area contributed by atoms with Crippen molar-refractivity contribution in [3.8, 4) is 0 Å². The number of hydrogen-bond acceptors (Lipinski definition) is 12. The SMILES string of the molecule is CCC(C)[C@H](NC(=O)[C@H](CC(C)C)NC(=O)c1cnccn1)C(=O)N1C[C@H](OCc2ccccc2)C[C@H]1C(=O)N[C@@H](CC(F)F)C(=O)C(=O)NCc1nn[nH]n1. The Morgan fingerprint density at radius 3 is 2.36 bits per heavy atom. The van der Waals surface area contributed by atoms with Crippen LogP contribution in [0.4, 0.5) is 8.78 Å². The summed E-state index contributed by atoms with van der Waals surface area (Å²) in [5.74, 6) is -6.07. The van der Waals surface area contributed by atoms with Gasteiger partial charge in [0.05, 0.1) is 25.5 Å². The summed E-state index contributed by atoms with van der Waals surface area (Å²) in [6.07, 6.45) is -0.459. The van der Waals surface area contributed by atoms with Gasteiger partial charge in [0.2, 0.25) is 29.9 Å². The molecule has 1 unspecified atom stereocenters. The molecule has 1 saturated heterocycles. The smallest absolute Gasteiger partial charge is 0.289 e. The fourth-order valence-corrected chi connectivity index (χ4v) is 6.01. The average molecular weight is 784 g/mol. The van der Waals surface area contributed by atoms with Gasteiger partial charge in [-0.3, -0.25) is 33.8 Å². The standard InChI is InChI=1S/C36H47F2N11O7/c1-5-21(4)30(44-32(51)25(13-20(2)3)43-33(52)26-16-39-11-12-40-26)36(55)49-18-23(56-19-22-9-7-6-8-10-22)14-27(49)34(53)42-24(15-28(37)38)31(50)35(54)41-17-29-45-47-48-46-29/h6-12,16,20-21,23-25,27-28,30H,5,13-15,17-19H2,1-4H3,(H,41,54)(H,42,53)(H,43,52)(H,44,51)(H,45,46,47,48)/t21?,23-,24+,25+,27+,30+/m1/s1. The van der Waals surface area contributed by atoms with E-state index in [0.717, 1.165) is 5.56 Å². The Morgan fingerprint density at radius 1 is 0.982 bits per heavy atom. The van der Waals surface area contributed by atoms with Crippen LogP contribution in [0.15, 0.2) is 48.9 Å². The third kappa shape index (κ3) is 12.4. The van der Waals surface area contributed by atoms with Gasteiger partial charge in [-0.25, -0.2) is 13.8 Å². The molecule has 5 N–H and O–H groups in total. The second kappa shape index (κ2) is 20.8. The van der Waals surface area contributed by atoms with Crippen LogP contribution in [0.25, 0.3) is 0 Å². The first-order valence-corrected chi connectivity index (χ1v) is 18.2. The lowest BCUT2D eigenvalue weighted by Gasteiger charge is -2.33. The maximum atomic E-state index is 14.5. The molecule has 4 rings (SSSR count). The summed E-state index contributed by atoms with van der Waals surface area (Å²) in [7, 11) is 0. The first-order chi connectivity index (χ1) is 26.8. The first-order valence-electron chi connectivity index (χ1n) is 18.2. The highest BCUT2D eigenvalue weighted by molar-refractivity contribution is 6.38. The second-order valence-electron chi connectivity index (χ2n) is 13.8. The number of hydrogen-bond donors (Lipinski definition) is 5. The summed E-state index contributed by atoms with van der Waals surface area (Å²) in [4.78, 5) is 90.1. The maximum Gasteiger partial charge on any atom is 0.289 e. The third-order valence-electron chi connectivity index (χ3n) is 9.15. The van der Waals surface area contributed by atoms with Gasteiger partial charge in [-0.15, -0.1) is 10.2 Å². The number of nitrogens with one attached hydrogen (secondary N) is 5. The number of halogens is 2. The Kier molecular flexibility index (Phi) is 15.9. The fraction of sp³-hybridized carbons (Fsp3) is 0.528. The molecule has 0 saturated carbocycles. The van der Waals surface area contributed by atoms with Crippen LogP contribution in [0, 0.1) is 11.8 Å². The van der Waals surface area contributed by atoms with E-state index in [9.17, 15) is 37.5 Å². The van der Waals surface area contributed by atoms with Crippen LogP contribution in [-0.4, -0.2) is 114 Å². The molecule has 0 aliphatic carbocycles. The number of ketones is 1. The summed E-state index contributed by atoms with van der Waals surface area (Å²) >= 11 is 0. The van der Waals surface area contributed by atoms with Crippen LogP contribution in [-0.2, 0) is 41.9 Å².